The van der Waals surface area contributed by atoms with Gasteiger partial charge in [-0.15, -0.1) is 11.6 Å². The number of benzene rings is 1. The number of rotatable bonds is 4. The normalized spacial score (nSPS) is 15.1. The summed E-state index contributed by atoms with van der Waals surface area (Å²) in [6.45, 7) is 5.88. The Morgan fingerprint density at radius 2 is 1.82 bits per heavy atom. The smallest absolute Gasteiger partial charge is 0.143 e. The van der Waals surface area contributed by atoms with Gasteiger partial charge in [0.05, 0.1) is 4.47 Å². The molecule has 0 saturated heterocycles. The van der Waals surface area contributed by atoms with Crippen LogP contribution in [0.15, 0.2) is 16.6 Å². The van der Waals surface area contributed by atoms with E-state index in [0.29, 0.717) is 10.9 Å². The Balaban J connectivity index is 3.05. The van der Waals surface area contributed by atoms with Crippen molar-refractivity contribution in [1.82, 2.24) is 0 Å². The van der Waals surface area contributed by atoms with E-state index < -0.39 is 11.6 Å². The van der Waals surface area contributed by atoms with Crippen LogP contribution < -0.4 is 0 Å². The van der Waals surface area contributed by atoms with Crippen LogP contribution >= 0.6 is 27.5 Å². The zero-order valence-corrected chi connectivity index (χ0v) is 12.4. The first kappa shape index (κ1) is 14.9. The summed E-state index contributed by atoms with van der Waals surface area (Å²) in [4.78, 5) is 0. The minimum atomic E-state index is -0.520. The molecule has 0 aliphatic carbocycles. The number of hydrogen-bond acceptors (Lipinski definition) is 0. The van der Waals surface area contributed by atoms with Crippen molar-refractivity contribution in [2.45, 2.75) is 32.6 Å². The molecule has 0 heterocycles. The zero-order chi connectivity index (χ0) is 13.2. The predicted octanol–water partition coefficient (Wildman–Crippen LogP) is 5.17. The van der Waals surface area contributed by atoms with Crippen LogP contribution in [-0.2, 0) is 6.42 Å². The number of alkyl halides is 1. The first-order chi connectivity index (χ1) is 7.84. The molecule has 0 aliphatic heterocycles. The molecule has 0 fully saturated rings. The molecule has 0 spiro atoms. The Kier molecular flexibility index (Phi) is 5.39. The minimum absolute atomic E-state index is 0.0509. The molecule has 17 heavy (non-hydrogen) atoms. The van der Waals surface area contributed by atoms with Gasteiger partial charge in [0, 0.05) is 10.9 Å². The topological polar surface area (TPSA) is 0 Å². The second kappa shape index (κ2) is 6.14. The van der Waals surface area contributed by atoms with E-state index in [2.05, 4.69) is 15.9 Å². The molecular weight excluding hydrogens is 309 g/mol. The van der Waals surface area contributed by atoms with Gasteiger partial charge in [0.25, 0.3) is 0 Å². The van der Waals surface area contributed by atoms with Gasteiger partial charge in [-0.25, -0.2) is 8.78 Å². The van der Waals surface area contributed by atoms with E-state index in [9.17, 15) is 8.78 Å². The second-order valence-electron chi connectivity index (χ2n) is 4.61. The van der Waals surface area contributed by atoms with Gasteiger partial charge in [0.1, 0.15) is 11.6 Å². The molecule has 1 aromatic carbocycles. The van der Waals surface area contributed by atoms with Crippen LogP contribution in [0.2, 0.25) is 0 Å². The summed E-state index contributed by atoms with van der Waals surface area (Å²) in [5, 5.41) is -0.118. The summed E-state index contributed by atoms with van der Waals surface area (Å²) >= 11 is 9.15. The summed E-state index contributed by atoms with van der Waals surface area (Å²) in [7, 11) is 0. The highest BCUT2D eigenvalue weighted by Crippen LogP contribution is 2.29. The maximum absolute atomic E-state index is 13.8. The third-order valence-corrected chi connectivity index (χ3v) is 3.96. The molecule has 1 rings (SSSR count). The summed E-state index contributed by atoms with van der Waals surface area (Å²) in [5.74, 6) is -0.697. The van der Waals surface area contributed by atoms with E-state index in [0.717, 1.165) is 0 Å². The minimum Gasteiger partial charge on any atom is -0.207 e. The Bertz CT molecular complexity index is 383. The van der Waals surface area contributed by atoms with E-state index in [1.807, 2.05) is 20.8 Å². The van der Waals surface area contributed by atoms with E-state index >= 15 is 0 Å². The van der Waals surface area contributed by atoms with Crippen molar-refractivity contribution >= 4 is 27.5 Å². The van der Waals surface area contributed by atoms with E-state index in [1.54, 1.807) is 0 Å². The van der Waals surface area contributed by atoms with Crippen molar-refractivity contribution in [3.63, 3.8) is 0 Å². The van der Waals surface area contributed by atoms with Crippen LogP contribution in [0.3, 0.4) is 0 Å². The fourth-order valence-electron chi connectivity index (χ4n) is 1.92. The van der Waals surface area contributed by atoms with Crippen molar-refractivity contribution in [3.05, 3.63) is 33.8 Å². The molecule has 0 nitrogen and oxygen atoms in total. The third kappa shape index (κ3) is 3.65. The van der Waals surface area contributed by atoms with Crippen LogP contribution in [0.5, 0.6) is 0 Å². The predicted molar refractivity (Wildman–Crippen MR) is 71.4 cm³/mol. The van der Waals surface area contributed by atoms with E-state index in [1.165, 1.54) is 12.1 Å². The number of hydrogen-bond donors (Lipinski definition) is 0. The summed E-state index contributed by atoms with van der Waals surface area (Å²) < 4.78 is 27.7. The molecule has 0 bridgehead atoms. The van der Waals surface area contributed by atoms with Crippen LogP contribution in [0, 0.1) is 23.5 Å². The van der Waals surface area contributed by atoms with Crippen molar-refractivity contribution in [2.75, 3.05) is 0 Å². The van der Waals surface area contributed by atoms with E-state index in [4.69, 9.17) is 11.6 Å². The fourth-order valence-corrected chi connectivity index (χ4v) is 2.67. The summed E-state index contributed by atoms with van der Waals surface area (Å²) in [6.07, 6.45) is 0.319. The molecule has 0 radical (unpaired) electrons. The molecule has 96 valence electrons. The first-order valence-corrected chi connectivity index (χ1v) is 6.84. The highest BCUT2D eigenvalue weighted by molar-refractivity contribution is 9.10. The maximum Gasteiger partial charge on any atom is 0.143 e. The van der Waals surface area contributed by atoms with Gasteiger partial charge < -0.3 is 0 Å². The number of halogens is 4. The molecule has 0 amide bonds. The van der Waals surface area contributed by atoms with Gasteiger partial charge in [0.2, 0.25) is 0 Å². The average molecular weight is 326 g/mol. The Hall–Kier alpha value is -0.150. The lowest BCUT2D eigenvalue weighted by Gasteiger charge is -2.24. The Labute approximate surface area is 114 Å². The second-order valence-corrected chi connectivity index (χ2v) is 6.15. The Morgan fingerprint density at radius 3 is 2.29 bits per heavy atom. The van der Waals surface area contributed by atoms with Crippen LogP contribution in [-0.4, -0.2) is 5.38 Å². The standard InChI is InChI=1S/C13H16BrClF2/c1-7(2)9(8(3)15)6-10-12(16)5-4-11(14)13(10)17/h4-5,7-9H,6H2,1-3H3. The van der Waals surface area contributed by atoms with Gasteiger partial charge in [0.15, 0.2) is 0 Å². The van der Waals surface area contributed by atoms with Gasteiger partial charge in [-0.1, -0.05) is 13.8 Å². The van der Waals surface area contributed by atoms with Gasteiger partial charge in [-0.2, -0.15) is 0 Å². The quantitative estimate of drug-likeness (QED) is 0.529. The van der Waals surface area contributed by atoms with Crippen LogP contribution in [0.1, 0.15) is 26.3 Å². The molecule has 0 aliphatic rings. The lowest BCUT2D eigenvalue weighted by molar-refractivity contribution is 0.364. The summed E-state index contributed by atoms with van der Waals surface area (Å²) in [6, 6.07) is 2.65. The third-order valence-electron chi connectivity index (χ3n) is 3.03. The highest BCUT2D eigenvalue weighted by Gasteiger charge is 2.23. The molecular formula is C13H16BrClF2. The van der Waals surface area contributed by atoms with Crippen molar-refractivity contribution < 1.29 is 8.78 Å². The lowest BCUT2D eigenvalue weighted by Crippen LogP contribution is -2.22. The monoisotopic (exact) mass is 324 g/mol. The van der Waals surface area contributed by atoms with Crippen LogP contribution in [0.4, 0.5) is 8.78 Å². The molecule has 2 unspecified atom stereocenters. The highest BCUT2D eigenvalue weighted by atomic mass is 79.9. The average Bonchev–Trinajstić information content (AvgIpc) is 2.23. The van der Waals surface area contributed by atoms with Gasteiger partial charge >= 0.3 is 0 Å². The summed E-state index contributed by atoms with van der Waals surface area (Å²) in [5.41, 5.74) is 0.116. The SMILES string of the molecule is CC(C)C(Cc1c(F)ccc(Br)c1F)C(C)Cl. The maximum atomic E-state index is 13.8. The zero-order valence-electron chi connectivity index (χ0n) is 10.1. The van der Waals surface area contributed by atoms with Crippen LogP contribution in [0.25, 0.3) is 0 Å². The van der Waals surface area contributed by atoms with Crippen molar-refractivity contribution in [3.8, 4) is 0 Å². The molecule has 0 saturated carbocycles. The van der Waals surface area contributed by atoms with Crippen molar-refractivity contribution in [1.29, 1.82) is 0 Å². The van der Waals surface area contributed by atoms with Gasteiger partial charge in [-0.3, -0.25) is 0 Å². The van der Waals surface area contributed by atoms with Gasteiger partial charge in [-0.05, 0) is 53.2 Å². The molecule has 0 aromatic heterocycles. The van der Waals surface area contributed by atoms with Crippen molar-refractivity contribution in [2.24, 2.45) is 11.8 Å². The molecule has 4 heteroatoms. The molecule has 1 aromatic rings. The fraction of sp³-hybridized carbons (Fsp3) is 0.538. The molecule has 2 atom stereocenters. The largest absolute Gasteiger partial charge is 0.207 e. The Morgan fingerprint density at radius 1 is 1.24 bits per heavy atom. The molecule has 0 N–H and O–H groups in total. The lowest BCUT2D eigenvalue weighted by atomic mass is 9.86. The van der Waals surface area contributed by atoms with E-state index in [-0.39, 0.29) is 22.8 Å². The first-order valence-electron chi connectivity index (χ1n) is 5.61.